The molecule has 0 saturated carbocycles. The van der Waals surface area contributed by atoms with Crippen molar-refractivity contribution in [2.75, 3.05) is 26.2 Å². The first-order valence-electron chi connectivity index (χ1n) is 10.2. The lowest BCUT2D eigenvalue weighted by molar-refractivity contribution is -0.0672. The summed E-state index contributed by atoms with van der Waals surface area (Å²) in [6.45, 7) is 6.97. The Morgan fingerprint density at radius 2 is 1.81 bits per heavy atom. The molecule has 1 fully saturated rings. The van der Waals surface area contributed by atoms with Crippen LogP contribution in [0.4, 0.5) is 0 Å². The highest BCUT2D eigenvalue weighted by Gasteiger charge is 2.22. The van der Waals surface area contributed by atoms with Crippen LogP contribution in [0, 0.1) is 0 Å². The van der Waals surface area contributed by atoms with Gasteiger partial charge in [-0.15, -0.1) is 0 Å². The third-order valence-corrected chi connectivity index (χ3v) is 6.88. The van der Waals surface area contributed by atoms with E-state index in [2.05, 4.69) is 14.9 Å². The lowest BCUT2D eigenvalue weighted by atomic mass is 10.2. The fraction of sp³-hybridized carbons (Fsp3) is 0.409. The van der Waals surface area contributed by atoms with Gasteiger partial charge in [-0.1, -0.05) is 41.9 Å². The molecule has 0 aromatic heterocycles. The average Bonchev–Trinajstić information content (AvgIpc) is 2.72. The molecule has 1 aliphatic rings. The minimum absolute atomic E-state index is 0.0633. The first kappa shape index (κ1) is 23.7. The van der Waals surface area contributed by atoms with Crippen LogP contribution in [0.1, 0.15) is 29.8 Å². The number of carbonyl (C=O) groups is 1. The molecular weight excluding hydrogens is 438 g/mol. The molecule has 2 unspecified atom stereocenters. The Bertz CT molecular complexity index is 991. The Morgan fingerprint density at radius 1 is 1.13 bits per heavy atom. The van der Waals surface area contributed by atoms with Crippen molar-refractivity contribution in [3.05, 3.63) is 64.7 Å². The molecule has 1 saturated heterocycles. The molecule has 2 aromatic carbocycles. The standard InChI is InChI=1S/C22H28ClN3O4S/c1-16-14-26(15-17(2)30-16)11-10-24-22(27)19-8-9-20(23)21(12-19)31(28,29)25-13-18-6-4-3-5-7-18/h3-9,12,16-17,25H,10-11,13-15H2,1-2H3,(H,24,27). The van der Waals surface area contributed by atoms with E-state index < -0.39 is 10.0 Å². The summed E-state index contributed by atoms with van der Waals surface area (Å²) in [5.41, 5.74) is 1.07. The molecule has 1 amide bonds. The van der Waals surface area contributed by atoms with Crippen LogP contribution in [-0.2, 0) is 21.3 Å². The zero-order valence-electron chi connectivity index (χ0n) is 17.7. The molecule has 9 heteroatoms. The minimum Gasteiger partial charge on any atom is -0.373 e. The smallest absolute Gasteiger partial charge is 0.251 e. The van der Waals surface area contributed by atoms with E-state index in [9.17, 15) is 13.2 Å². The fourth-order valence-electron chi connectivity index (χ4n) is 3.60. The van der Waals surface area contributed by atoms with Crippen molar-refractivity contribution in [1.82, 2.24) is 14.9 Å². The third-order valence-electron chi connectivity index (χ3n) is 5.00. The summed E-state index contributed by atoms with van der Waals surface area (Å²) in [5.74, 6) is -0.342. The van der Waals surface area contributed by atoms with E-state index in [4.69, 9.17) is 16.3 Å². The Kier molecular flexibility index (Phi) is 8.07. The van der Waals surface area contributed by atoms with E-state index in [1.54, 1.807) is 0 Å². The second-order valence-electron chi connectivity index (χ2n) is 7.73. The summed E-state index contributed by atoms with van der Waals surface area (Å²) in [5, 5.41) is 2.92. The first-order valence-corrected chi connectivity index (χ1v) is 12.1. The number of hydrogen-bond donors (Lipinski definition) is 2. The van der Waals surface area contributed by atoms with Gasteiger partial charge in [0, 0.05) is 38.3 Å². The molecule has 0 bridgehead atoms. The average molecular weight is 466 g/mol. The highest BCUT2D eigenvalue weighted by molar-refractivity contribution is 7.89. The number of morpholine rings is 1. The normalized spacial score (nSPS) is 19.8. The number of benzene rings is 2. The van der Waals surface area contributed by atoms with Gasteiger partial charge in [-0.3, -0.25) is 9.69 Å². The van der Waals surface area contributed by atoms with Gasteiger partial charge >= 0.3 is 0 Å². The van der Waals surface area contributed by atoms with E-state index >= 15 is 0 Å². The lowest BCUT2D eigenvalue weighted by Gasteiger charge is -2.35. The number of rotatable bonds is 8. The number of ether oxygens (including phenoxy) is 1. The van der Waals surface area contributed by atoms with Gasteiger partial charge in [0.2, 0.25) is 10.0 Å². The van der Waals surface area contributed by atoms with Crippen LogP contribution in [0.2, 0.25) is 5.02 Å². The van der Waals surface area contributed by atoms with Gasteiger partial charge in [-0.2, -0.15) is 0 Å². The molecule has 2 N–H and O–H groups in total. The summed E-state index contributed by atoms with van der Waals surface area (Å²) in [7, 11) is -3.88. The summed E-state index contributed by atoms with van der Waals surface area (Å²) in [6.07, 6.45) is 0.318. The van der Waals surface area contributed by atoms with E-state index in [1.165, 1.54) is 18.2 Å². The maximum atomic E-state index is 12.7. The monoisotopic (exact) mass is 465 g/mol. The second-order valence-corrected chi connectivity index (χ2v) is 9.87. The van der Waals surface area contributed by atoms with Crippen molar-refractivity contribution in [3.63, 3.8) is 0 Å². The zero-order chi connectivity index (χ0) is 22.4. The quantitative estimate of drug-likeness (QED) is 0.625. The van der Waals surface area contributed by atoms with Crippen LogP contribution >= 0.6 is 11.6 Å². The minimum atomic E-state index is -3.88. The molecule has 0 radical (unpaired) electrons. The number of sulfonamides is 1. The van der Waals surface area contributed by atoms with Gasteiger partial charge in [0.15, 0.2) is 0 Å². The summed E-state index contributed by atoms with van der Waals surface area (Å²) >= 11 is 6.13. The van der Waals surface area contributed by atoms with Gasteiger partial charge in [-0.05, 0) is 37.6 Å². The zero-order valence-corrected chi connectivity index (χ0v) is 19.2. The van der Waals surface area contributed by atoms with Gasteiger partial charge in [0.05, 0.1) is 17.2 Å². The summed E-state index contributed by atoms with van der Waals surface area (Å²) in [4.78, 5) is 14.7. The van der Waals surface area contributed by atoms with Crippen molar-refractivity contribution in [2.24, 2.45) is 0 Å². The first-order chi connectivity index (χ1) is 14.7. The highest BCUT2D eigenvalue weighted by Crippen LogP contribution is 2.23. The molecule has 31 heavy (non-hydrogen) atoms. The largest absolute Gasteiger partial charge is 0.373 e. The van der Waals surface area contributed by atoms with Crippen LogP contribution in [0.15, 0.2) is 53.4 Å². The summed E-state index contributed by atoms with van der Waals surface area (Å²) in [6, 6.07) is 13.4. The number of hydrogen-bond acceptors (Lipinski definition) is 5. The Hall–Kier alpha value is -1.97. The molecule has 7 nitrogen and oxygen atoms in total. The molecule has 1 aliphatic heterocycles. The number of nitrogens with zero attached hydrogens (tertiary/aromatic N) is 1. The van der Waals surface area contributed by atoms with E-state index in [1.807, 2.05) is 44.2 Å². The van der Waals surface area contributed by atoms with Gasteiger partial charge in [0.25, 0.3) is 5.91 Å². The van der Waals surface area contributed by atoms with Gasteiger partial charge in [0.1, 0.15) is 4.90 Å². The summed E-state index contributed by atoms with van der Waals surface area (Å²) < 4.78 is 33.7. The molecular formula is C22H28ClN3O4S. The maximum absolute atomic E-state index is 12.7. The topological polar surface area (TPSA) is 87.7 Å². The predicted octanol–water partition coefficient (Wildman–Crippen LogP) is 2.66. The fourth-order valence-corrected chi connectivity index (χ4v) is 5.14. The van der Waals surface area contributed by atoms with Crippen molar-refractivity contribution in [2.45, 2.75) is 37.5 Å². The lowest BCUT2D eigenvalue weighted by Crippen LogP contribution is -2.47. The van der Waals surface area contributed by atoms with Crippen LogP contribution in [0.25, 0.3) is 0 Å². The van der Waals surface area contributed by atoms with E-state index in [0.29, 0.717) is 13.1 Å². The molecule has 2 aromatic rings. The van der Waals surface area contributed by atoms with E-state index in [-0.39, 0.29) is 40.1 Å². The maximum Gasteiger partial charge on any atom is 0.251 e. The number of halogens is 1. The van der Waals surface area contributed by atoms with E-state index in [0.717, 1.165) is 18.7 Å². The van der Waals surface area contributed by atoms with Crippen molar-refractivity contribution >= 4 is 27.5 Å². The van der Waals surface area contributed by atoms with Crippen molar-refractivity contribution in [1.29, 1.82) is 0 Å². The Balaban J connectivity index is 1.60. The number of amides is 1. The highest BCUT2D eigenvalue weighted by atomic mass is 35.5. The van der Waals surface area contributed by atoms with Crippen LogP contribution in [0.3, 0.4) is 0 Å². The predicted molar refractivity (Wildman–Crippen MR) is 121 cm³/mol. The van der Waals surface area contributed by atoms with Crippen molar-refractivity contribution in [3.8, 4) is 0 Å². The number of nitrogens with one attached hydrogen (secondary N) is 2. The SMILES string of the molecule is CC1CN(CCNC(=O)c2ccc(Cl)c(S(=O)(=O)NCc3ccccc3)c2)CC(C)O1. The Labute approximate surface area is 188 Å². The second kappa shape index (κ2) is 10.6. The molecule has 0 aliphatic carbocycles. The van der Waals surface area contributed by atoms with Crippen LogP contribution in [0.5, 0.6) is 0 Å². The van der Waals surface area contributed by atoms with Crippen LogP contribution < -0.4 is 10.0 Å². The van der Waals surface area contributed by atoms with Gasteiger partial charge < -0.3 is 10.1 Å². The molecule has 1 heterocycles. The van der Waals surface area contributed by atoms with Gasteiger partial charge in [-0.25, -0.2) is 13.1 Å². The molecule has 3 rings (SSSR count). The molecule has 168 valence electrons. The number of carbonyl (C=O) groups excluding carboxylic acids is 1. The molecule has 0 spiro atoms. The molecule has 2 atom stereocenters. The third kappa shape index (κ3) is 6.75. The van der Waals surface area contributed by atoms with Crippen molar-refractivity contribution < 1.29 is 17.9 Å². The Morgan fingerprint density at radius 3 is 2.48 bits per heavy atom. The van der Waals surface area contributed by atoms with Crippen LogP contribution in [-0.4, -0.2) is 57.6 Å².